The van der Waals surface area contributed by atoms with Crippen molar-refractivity contribution in [3.05, 3.63) is 53.5 Å². The molecule has 2 saturated heterocycles. The van der Waals surface area contributed by atoms with Gasteiger partial charge in [0.1, 0.15) is 11.5 Å². The second-order valence-corrected chi connectivity index (χ2v) is 6.17. The maximum Gasteiger partial charge on any atom is 0.151 e. The lowest BCUT2D eigenvalue weighted by Gasteiger charge is -2.32. The van der Waals surface area contributed by atoms with Crippen LogP contribution in [-0.4, -0.2) is 47.3 Å². The van der Waals surface area contributed by atoms with Gasteiger partial charge in [0.2, 0.25) is 0 Å². The molecule has 0 saturated carbocycles. The molecule has 2 aromatic rings. The van der Waals surface area contributed by atoms with Gasteiger partial charge in [-0.25, -0.2) is 4.39 Å². The van der Waals surface area contributed by atoms with Crippen LogP contribution < -0.4 is 4.90 Å². The highest BCUT2D eigenvalue weighted by Crippen LogP contribution is 2.32. The fourth-order valence-electron chi connectivity index (χ4n) is 3.36. The van der Waals surface area contributed by atoms with E-state index in [9.17, 15) is 4.39 Å². The molecule has 2 fully saturated rings. The summed E-state index contributed by atoms with van der Waals surface area (Å²) in [6.07, 6.45) is 1.21. The molecule has 2 aliphatic rings. The topological polar surface area (TPSA) is 32.3 Å². The van der Waals surface area contributed by atoms with Crippen molar-refractivity contribution in [2.45, 2.75) is 18.5 Å². The molecule has 2 atom stereocenters. The summed E-state index contributed by atoms with van der Waals surface area (Å²) in [5.74, 6) is 6.61. The Labute approximate surface area is 134 Å². The number of rotatable bonds is 1. The van der Waals surface area contributed by atoms with Crippen molar-refractivity contribution in [1.29, 1.82) is 0 Å². The van der Waals surface area contributed by atoms with E-state index in [1.807, 2.05) is 12.1 Å². The van der Waals surface area contributed by atoms with Crippen LogP contribution in [0.25, 0.3) is 0 Å². The lowest BCUT2D eigenvalue weighted by molar-refractivity contribution is 0.292. The number of anilines is 1. The minimum absolute atomic E-state index is 0.259. The molecule has 0 aliphatic carbocycles. The van der Waals surface area contributed by atoms with Crippen LogP contribution in [0.15, 0.2) is 36.4 Å². The van der Waals surface area contributed by atoms with E-state index in [2.05, 4.69) is 38.9 Å². The van der Waals surface area contributed by atoms with Crippen LogP contribution in [0.5, 0.6) is 0 Å². The van der Waals surface area contributed by atoms with Gasteiger partial charge in [0.05, 0.1) is 0 Å². The molecule has 4 rings (SSSR count). The van der Waals surface area contributed by atoms with Gasteiger partial charge in [-0.1, -0.05) is 5.92 Å². The second kappa shape index (κ2) is 5.64. The fraction of sp³-hybridized carbons (Fsp3) is 0.333. The average Bonchev–Trinajstić information content (AvgIpc) is 3.14. The third-order valence-corrected chi connectivity index (χ3v) is 4.64. The Bertz CT molecular complexity index is 758. The molecule has 0 N–H and O–H groups in total. The molecule has 2 bridgehead atoms. The number of halogens is 1. The van der Waals surface area contributed by atoms with Crippen LogP contribution in [0.4, 0.5) is 10.2 Å². The quantitative estimate of drug-likeness (QED) is 0.753. The normalized spacial score (nSPS) is 23.0. The first-order valence-electron chi connectivity index (χ1n) is 7.77. The van der Waals surface area contributed by atoms with Gasteiger partial charge in [-0.15, -0.1) is 10.2 Å². The monoisotopic (exact) mass is 308 g/mol. The van der Waals surface area contributed by atoms with Crippen molar-refractivity contribution in [1.82, 2.24) is 15.1 Å². The van der Waals surface area contributed by atoms with E-state index in [1.54, 1.807) is 12.1 Å². The number of benzene rings is 1. The molecule has 2 aliphatic heterocycles. The standard InChI is InChI=1S/C18H17FN4/c1-22-11-17-10-16(22)12-23(17)18-9-8-15(20-21-18)7-4-13-2-5-14(19)6-3-13/h2-3,5-6,8-9,16-17H,10-12H2,1H3/t16-,17+/m0/s1. The summed E-state index contributed by atoms with van der Waals surface area (Å²) in [4.78, 5) is 4.76. The zero-order valence-corrected chi connectivity index (χ0v) is 12.9. The fourth-order valence-corrected chi connectivity index (χ4v) is 3.36. The van der Waals surface area contributed by atoms with E-state index in [-0.39, 0.29) is 5.82 Å². The van der Waals surface area contributed by atoms with Crippen molar-refractivity contribution in [3.63, 3.8) is 0 Å². The molecule has 116 valence electrons. The van der Waals surface area contributed by atoms with E-state index < -0.39 is 0 Å². The van der Waals surface area contributed by atoms with Gasteiger partial charge < -0.3 is 4.90 Å². The predicted octanol–water partition coefficient (Wildman–Crippen LogP) is 1.91. The first-order chi connectivity index (χ1) is 11.2. The number of aromatic nitrogens is 2. The molecular formula is C18H17FN4. The summed E-state index contributed by atoms with van der Waals surface area (Å²) < 4.78 is 12.9. The van der Waals surface area contributed by atoms with Crippen molar-refractivity contribution in [2.75, 3.05) is 25.0 Å². The summed E-state index contributed by atoms with van der Waals surface area (Å²) in [7, 11) is 2.18. The van der Waals surface area contributed by atoms with E-state index in [1.165, 1.54) is 18.6 Å². The number of piperazine rings is 1. The number of nitrogens with zero attached hydrogens (tertiary/aromatic N) is 4. The van der Waals surface area contributed by atoms with Crippen LogP contribution in [-0.2, 0) is 0 Å². The van der Waals surface area contributed by atoms with Crippen LogP contribution in [0.2, 0.25) is 0 Å². The van der Waals surface area contributed by atoms with Gasteiger partial charge in [-0.05, 0) is 55.8 Å². The Balaban J connectivity index is 1.48. The number of likely N-dealkylation sites (tertiary alicyclic amines) is 1. The minimum Gasteiger partial charge on any atom is -0.349 e. The van der Waals surface area contributed by atoms with Crippen molar-refractivity contribution in [2.24, 2.45) is 0 Å². The van der Waals surface area contributed by atoms with Crippen molar-refractivity contribution >= 4 is 5.82 Å². The summed E-state index contributed by atoms with van der Waals surface area (Å²) in [5.41, 5.74) is 1.39. The largest absolute Gasteiger partial charge is 0.349 e. The lowest BCUT2D eigenvalue weighted by Crippen LogP contribution is -2.44. The zero-order chi connectivity index (χ0) is 15.8. The van der Waals surface area contributed by atoms with Gasteiger partial charge in [0.25, 0.3) is 0 Å². The van der Waals surface area contributed by atoms with E-state index >= 15 is 0 Å². The maximum atomic E-state index is 12.9. The minimum atomic E-state index is -0.259. The smallest absolute Gasteiger partial charge is 0.151 e. The molecule has 3 heterocycles. The van der Waals surface area contributed by atoms with E-state index in [0.29, 0.717) is 17.8 Å². The van der Waals surface area contributed by atoms with Gasteiger partial charge >= 0.3 is 0 Å². The maximum absolute atomic E-state index is 12.9. The van der Waals surface area contributed by atoms with Crippen LogP contribution in [0, 0.1) is 17.7 Å². The lowest BCUT2D eigenvalue weighted by atomic mass is 10.2. The summed E-state index contributed by atoms with van der Waals surface area (Å²) in [6, 6.07) is 11.2. The number of hydrogen-bond donors (Lipinski definition) is 0. The van der Waals surface area contributed by atoms with Crippen LogP contribution in [0.1, 0.15) is 17.7 Å². The van der Waals surface area contributed by atoms with Gasteiger partial charge in [0.15, 0.2) is 5.82 Å². The van der Waals surface area contributed by atoms with E-state index in [4.69, 9.17) is 0 Å². The Morgan fingerprint density at radius 1 is 1.00 bits per heavy atom. The molecule has 4 nitrogen and oxygen atoms in total. The SMILES string of the molecule is CN1C[C@H]2C[C@H]1CN2c1ccc(C#Cc2ccc(F)cc2)nn1. The molecule has 0 unspecified atom stereocenters. The number of fused-ring (bicyclic) bond motifs is 2. The third kappa shape index (κ3) is 2.78. The highest BCUT2D eigenvalue weighted by Gasteiger charge is 2.41. The third-order valence-electron chi connectivity index (χ3n) is 4.64. The first-order valence-corrected chi connectivity index (χ1v) is 7.77. The summed E-state index contributed by atoms with van der Waals surface area (Å²) in [6.45, 7) is 2.12. The highest BCUT2D eigenvalue weighted by molar-refractivity contribution is 5.45. The molecule has 1 aromatic heterocycles. The van der Waals surface area contributed by atoms with Crippen molar-refractivity contribution in [3.8, 4) is 11.8 Å². The Morgan fingerprint density at radius 2 is 1.83 bits per heavy atom. The Kier molecular flexibility index (Phi) is 3.47. The first kappa shape index (κ1) is 14.2. The van der Waals surface area contributed by atoms with Crippen LogP contribution >= 0.6 is 0 Å². The van der Waals surface area contributed by atoms with E-state index in [0.717, 1.165) is 24.5 Å². The molecule has 0 amide bonds. The highest BCUT2D eigenvalue weighted by atomic mass is 19.1. The van der Waals surface area contributed by atoms with Crippen molar-refractivity contribution < 1.29 is 4.39 Å². The number of likely N-dealkylation sites (N-methyl/N-ethyl adjacent to an activating group) is 1. The van der Waals surface area contributed by atoms with Gasteiger partial charge in [-0.2, -0.15) is 0 Å². The molecule has 0 spiro atoms. The zero-order valence-electron chi connectivity index (χ0n) is 12.9. The predicted molar refractivity (Wildman–Crippen MR) is 86.6 cm³/mol. The number of hydrogen-bond acceptors (Lipinski definition) is 4. The molecular weight excluding hydrogens is 291 g/mol. The Morgan fingerprint density at radius 3 is 2.43 bits per heavy atom. The summed E-state index contributed by atoms with van der Waals surface area (Å²) >= 11 is 0. The van der Waals surface area contributed by atoms with Gasteiger partial charge in [-0.3, -0.25) is 4.90 Å². The second-order valence-electron chi connectivity index (χ2n) is 6.17. The van der Waals surface area contributed by atoms with Gasteiger partial charge in [0, 0.05) is 30.7 Å². The molecule has 5 heteroatoms. The average molecular weight is 308 g/mol. The molecule has 23 heavy (non-hydrogen) atoms. The Hall–Kier alpha value is -2.45. The molecule has 1 aromatic carbocycles. The molecule has 0 radical (unpaired) electrons. The van der Waals surface area contributed by atoms with Crippen LogP contribution in [0.3, 0.4) is 0 Å². The summed E-state index contributed by atoms with van der Waals surface area (Å²) in [5, 5.41) is 8.53.